The maximum Gasteiger partial charge on any atom is 0.0897 e. The second-order valence-corrected chi connectivity index (χ2v) is 5.29. The lowest BCUT2D eigenvalue weighted by Crippen LogP contribution is -2.38. The fourth-order valence-electron chi connectivity index (χ4n) is 2.12. The lowest BCUT2D eigenvalue weighted by Gasteiger charge is -2.16. The van der Waals surface area contributed by atoms with Gasteiger partial charge in [-0.05, 0) is 38.8 Å². The summed E-state index contributed by atoms with van der Waals surface area (Å²) in [6.45, 7) is 4.22. The minimum atomic E-state index is -0.357. The van der Waals surface area contributed by atoms with Gasteiger partial charge in [-0.25, -0.2) is 0 Å². The molecule has 2 fully saturated rings. The van der Waals surface area contributed by atoms with Crippen molar-refractivity contribution < 1.29 is 9.84 Å². The molecule has 1 heterocycles. The van der Waals surface area contributed by atoms with E-state index in [0.717, 1.165) is 25.6 Å². The predicted octanol–water partition coefficient (Wildman–Crippen LogP) is 0.0676. The van der Waals surface area contributed by atoms with Crippen LogP contribution in [-0.4, -0.2) is 62.0 Å². The van der Waals surface area contributed by atoms with Gasteiger partial charge in [0, 0.05) is 25.7 Å². The molecule has 0 aromatic carbocycles. The zero-order valence-electron chi connectivity index (χ0n) is 10.2. The van der Waals surface area contributed by atoms with Crippen molar-refractivity contribution in [1.82, 2.24) is 10.2 Å². The summed E-state index contributed by atoms with van der Waals surface area (Å²) in [5.41, 5.74) is 0. The molecule has 2 rings (SSSR count). The van der Waals surface area contributed by atoms with Gasteiger partial charge in [-0.1, -0.05) is 0 Å². The molecule has 0 radical (unpaired) electrons. The first-order valence-electron chi connectivity index (χ1n) is 6.42. The third-order valence-corrected chi connectivity index (χ3v) is 3.39. The summed E-state index contributed by atoms with van der Waals surface area (Å²) < 4.78 is 5.46. The standard InChI is InChI=1S/C12H24N2O2/c1-14-5-4-11(7-14)13-6-12(15)9-16-8-10-2-3-10/h10-13,15H,2-9H2,1H3. The number of likely N-dealkylation sites (N-methyl/N-ethyl adjacent to an activating group) is 1. The summed E-state index contributed by atoms with van der Waals surface area (Å²) in [5.74, 6) is 0.781. The first kappa shape index (κ1) is 12.3. The van der Waals surface area contributed by atoms with Gasteiger partial charge < -0.3 is 20.1 Å². The number of hydrogen-bond acceptors (Lipinski definition) is 4. The Kier molecular flexibility index (Phi) is 4.58. The highest BCUT2D eigenvalue weighted by Crippen LogP contribution is 2.28. The topological polar surface area (TPSA) is 44.7 Å². The Hall–Kier alpha value is -0.160. The molecule has 0 aromatic heterocycles. The van der Waals surface area contributed by atoms with E-state index in [1.165, 1.54) is 19.3 Å². The number of nitrogens with one attached hydrogen (secondary N) is 1. The van der Waals surface area contributed by atoms with Crippen LogP contribution in [0.15, 0.2) is 0 Å². The van der Waals surface area contributed by atoms with E-state index in [9.17, 15) is 5.11 Å². The van der Waals surface area contributed by atoms with E-state index in [0.29, 0.717) is 19.2 Å². The Bertz CT molecular complexity index is 209. The van der Waals surface area contributed by atoms with E-state index in [1.807, 2.05) is 0 Å². The molecular weight excluding hydrogens is 204 g/mol. The summed E-state index contributed by atoms with van der Waals surface area (Å²) >= 11 is 0. The lowest BCUT2D eigenvalue weighted by atomic mass is 10.2. The monoisotopic (exact) mass is 228 g/mol. The van der Waals surface area contributed by atoms with Crippen molar-refractivity contribution in [2.45, 2.75) is 31.4 Å². The molecule has 0 bridgehead atoms. The zero-order valence-corrected chi connectivity index (χ0v) is 10.2. The Labute approximate surface area is 98.0 Å². The molecule has 2 aliphatic rings. The third kappa shape index (κ3) is 4.37. The van der Waals surface area contributed by atoms with Crippen LogP contribution < -0.4 is 5.32 Å². The van der Waals surface area contributed by atoms with Crippen LogP contribution in [-0.2, 0) is 4.74 Å². The first-order chi connectivity index (χ1) is 7.74. The van der Waals surface area contributed by atoms with E-state index in [1.54, 1.807) is 0 Å². The number of ether oxygens (including phenoxy) is 1. The van der Waals surface area contributed by atoms with Gasteiger partial charge in [-0.3, -0.25) is 0 Å². The normalized spacial score (nSPS) is 28.5. The summed E-state index contributed by atoms with van der Waals surface area (Å²) in [5, 5.41) is 13.1. The highest BCUT2D eigenvalue weighted by molar-refractivity contribution is 4.79. The van der Waals surface area contributed by atoms with E-state index in [-0.39, 0.29) is 6.10 Å². The highest BCUT2D eigenvalue weighted by atomic mass is 16.5. The summed E-state index contributed by atoms with van der Waals surface area (Å²) in [6, 6.07) is 0.545. The van der Waals surface area contributed by atoms with Crippen LogP contribution in [0.25, 0.3) is 0 Å². The number of hydrogen-bond donors (Lipinski definition) is 2. The minimum Gasteiger partial charge on any atom is -0.389 e. The molecule has 2 N–H and O–H groups in total. The molecule has 16 heavy (non-hydrogen) atoms. The lowest BCUT2D eigenvalue weighted by molar-refractivity contribution is 0.0314. The molecule has 4 heteroatoms. The quantitative estimate of drug-likeness (QED) is 0.647. The van der Waals surface area contributed by atoms with Gasteiger partial charge in [-0.2, -0.15) is 0 Å². The van der Waals surface area contributed by atoms with Gasteiger partial charge in [0.05, 0.1) is 12.7 Å². The molecule has 0 aromatic rings. The van der Waals surface area contributed by atoms with E-state index >= 15 is 0 Å². The van der Waals surface area contributed by atoms with Crippen LogP contribution in [0.1, 0.15) is 19.3 Å². The van der Waals surface area contributed by atoms with Crippen LogP contribution in [0, 0.1) is 5.92 Å². The first-order valence-corrected chi connectivity index (χ1v) is 6.42. The van der Waals surface area contributed by atoms with Gasteiger partial charge >= 0.3 is 0 Å². The smallest absolute Gasteiger partial charge is 0.0897 e. The summed E-state index contributed by atoms with van der Waals surface area (Å²) in [4.78, 5) is 2.31. The second-order valence-electron chi connectivity index (χ2n) is 5.29. The molecule has 0 amide bonds. The van der Waals surface area contributed by atoms with Crippen LogP contribution in [0.3, 0.4) is 0 Å². The number of rotatable bonds is 7. The van der Waals surface area contributed by atoms with Crippen molar-refractivity contribution in [2.75, 3.05) is 39.9 Å². The van der Waals surface area contributed by atoms with Crippen LogP contribution in [0.2, 0.25) is 0 Å². The summed E-state index contributed by atoms with van der Waals surface area (Å²) in [6.07, 6.45) is 3.45. The molecule has 2 unspecified atom stereocenters. The van der Waals surface area contributed by atoms with Gasteiger partial charge in [0.15, 0.2) is 0 Å². The number of likely N-dealkylation sites (tertiary alicyclic amines) is 1. The van der Waals surface area contributed by atoms with E-state index in [2.05, 4.69) is 17.3 Å². The third-order valence-electron chi connectivity index (χ3n) is 3.39. The van der Waals surface area contributed by atoms with Crippen LogP contribution in [0.4, 0.5) is 0 Å². The van der Waals surface area contributed by atoms with Gasteiger partial charge in [-0.15, -0.1) is 0 Å². The van der Waals surface area contributed by atoms with Crippen LogP contribution in [0.5, 0.6) is 0 Å². The fourth-order valence-corrected chi connectivity index (χ4v) is 2.12. The number of nitrogens with zero attached hydrogens (tertiary/aromatic N) is 1. The molecule has 94 valence electrons. The van der Waals surface area contributed by atoms with E-state index < -0.39 is 0 Å². The average molecular weight is 228 g/mol. The van der Waals surface area contributed by atoms with Gasteiger partial charge in [0.1, 0.15) is 0 Å². The van der Waals surface area contributed by atoms with Crippen LogP contribution >= 0.6 is 0 Å². The fraction of sp³-hybridized carbons (Fsp3) is 1.00. The zero-order chi connectivity index (χ0) is 11.4. The molecule has 4 nitrogen and oxygen atoms in total. The predicted molar refractivity (Wildman–Crippen MR) is 63.5 cm³/mol. The average Bonchev–Trinajstić information content (AvgIpc) is 2.98. The van der Waals surface area contributed by atoms with Gasteiger partial charge in [0.2, 0.25) is 0 Å². The minimum absolute atomic E-state index is 0.357. The molecule has 2 atom stereocenters. The van der Waals surface area contributed by atoms with Crippen molar-refractivity contribution in [3.8, 4) is 0 Å². The number of aliphatic hydroxyl groups excluding tert-OH is 1. The van der Waals surface area contributed by atoms with Crippen molar-refractivity contribution in [3.63, 3.8) is 0 Å². The van der Waals surface area contributed by atoms with E-state index in [4.69, 9.17) is 4.74 Å². The maximum atomic E-state index is 9.71. The molecule has 1 aliphatic heterocycles. The molecule has 0 spiro atoms. The Morgan fingerprint density at radius 3 is 2.88 bits per heavy atom. The molecule has 1 aliphatic carbocycles. The molecule has 1 saturated carbocycles. The Balaban J connectivity index is 1.47. The highest BCUT2D eigenvalue weighted by Gasteiger charge is 2.22. The number of aliphatic hydroxyl groups is 1. The SMILES string of the molecule is CN1CCC(NCC(O)COCC2CC2)C1. The maximum absolute atomic E-state index is 9.71. The van der Waals surface area contributed by atoms with Crippen molar-refractivity contribution >= 4 is 0 Å². The van der Waals surface area contributed by atoms with Crippen molar-refractivity contribution in [2.24, 2.45) is 5.92 Å². The largest absolute Gasteiger partial charge is 0.389 e. The van der Waals surface area contributed by atoms with Crippen molar-refractivity contribution in [3.05, 3.63) is 0 Å². The summed E-state index contributed by atoms with van der Waals surface area (Å²) in [7, 11) is 2.14. The van der Waals surface area contributed by atoms with Gasteiger partial charge in [0.25, 0.3) is 0 Å². The second kappa shape index (κ2) is 5.96. The molecular formula is C12H24N2O2. The van der Waals surface area contributed by atoms with Crippen molar-refractivity contribution in [1.29, 1.82) is 0 Å². The Morgan fingerprint density at radius 2 is 2.25 bits per heavy atom. The Morgan fingerprint density at radius 1 is 1.44 bits per heavy atom. The molecule has 1 saturated heterocycles.